The fraction of sp³-hybridized carbons (Fsp3) is 0.550. The van der Waals surface area contributed by atoms with E-state index >= 15 is 0 Å². The number of amides is 2. The average Bonchev–Trinajstić information content (AvgIpc) is 3.37. The van der Waals surface area contributed by atoms with E-state index in [1.54, 1.807) is 23.5 Å². The van der Waals surface area contributed by atoms with Gasteiger partial charge in [-0.25, -0.2) is 13.6 Å². The highest BCUT2D eigenvalue weighted by molar-refractivity contribution is 5.90. The summed E-state index contributed by atoms with van der Waals surface area (Å²) in [6.07, 6.45) is 0.273. The second-order valence-electron chi connectivity index (χ2n) is 7.91. The van der Waals surface area contributed by atoms with Crippen LogP contribution in [0.3, 0.4) is 0 Å². The van der Waals surface area contributed by atoms with Crippen LogP contribution in [0.15, 0.2) is 12.1 Å². The molecule has 1 N–H and O–H groups in total. The standard InChI is InChI=1S/C20H25F2N7O3/c1-3-18(30)23-10-15-11-28(20(31)32-15)14-8-16(21)19(17(22)9-14)27-6-4-13(5-7-27)29-25-12(2)24-26-29/h8-9,13,15H,3-7,10-11H2,1-2H3,(H,23,30). The number of benzene rings is 1. The van der Waals surface area contributed by atoms with Gasteiger partial charge in [-0.15, -0.1) is 10.2 Å². The van der Waals surface area contributed by atoms with Crippen LogP contribution >= 0.6 is 0 Å². The number of nitrogens with one attached hydrogen (secondary N) is 1. The summed E-state index contributed by atoms with van der Waals surface area (Å²) in [4.78, 5) is 28.0. The summed E-state index contributed by atoms with van der Waals surface area (Å²) in [5.74, 6) is -1.08. The SMILES string of the molecule is CCC(=O)NCC1CN(c2cc(F)c(N3CCC(n4nnc(C)n4)CC3)c(F)c2)C(=O)O1. The van der Waals surface area contributed by atoms with Crippen LogP contribution in [0.2, 0.25) is 0 Å². The maximum Gasteiger partial charge on any atom is 0.414 e. The van der Waals surface area contributed by atoms with E-state index in [1.807, 2.05) is 0 Å². The highest BCUT2D eigenvalue weighted by Crippen LogP contribution is 2.33. The molecule has 2 aromatic rings. The Kier molecular flexibility index (Phi) is 6.19. The summed E-state index contributed by atoms with van der Waals surface area (Å²) >= 11 is 0. The summed E-state index contributed by atoms with van der Waals surface area (Å²) in [5, 5.41) is 14.7. The number of carbonyl (C=O) groups excluding carboxylic acids is 2. The second-order valence-corrected chi connectivity index (χ2v) is 7.91. The highest BCUT2D eigenvalue weighted by atomic mass is 19.1. The second kappa shape index (κ2) is 9.05. The molecule has 4 rings (SSSR count). The van der Waals surface area contributed by atoms with Gasteiger partial charge in [-0.3, -0.25) is 9.69 Å². The molecule has 0 bridgehead atoms. The Morgan fingerprint density at radius 1 is 1.25 bits per heavy atom. The van der Waals surface area contributed by atoms with Gasteiger partial charge in [0.2, 0.25) is 5.91 Å². The smallest absolute Gasteiger partial charge is 0.414 e. The molecule has 0 aliphatic carbocycles. The first-order chi connectivity index (χ1) is 15.4. The van der Waals surface area contributed by atoms with Gasteiger partial charge < -0.3 is 15.0 Å². The van der Waals surface area contributed by atoms with Gasteiger partial charge in [-0.05, 0) is 25.0 Å². The van der Waals surface area contributed by atoms with E-state index in [2.05, 4.69) is 20.7 Å². The molecular weight excluding hydrogens is 424 g/mol. The van der Waals surface area contributed by atoms with Crippen molar-refractivity contribution >= 4 is 23.4 Å². The molecule has 2 aliphatic rings. The van der Waals surface area contributed by atoms with Gasteiger partial charge in [0.25, 0.3) is 0 Å². The Morgan fingerprint density at radius 2 is 1.94 bits per heavy atom. The van der Waals surface area contributed by atoms with Crippen LogP contribution in [0.25, 0.3) is 0 Å². The van der Waals surface area contributed by atoms with E-state index in [-0.39, 0.29) is 36.4 Å². The molecule has 2 aliphatic heterocycles. The highest BCUT2D eigenvalue weighted by Gasteiger charge is 2.34. The molecule has 2 saturated heterocycles. The van der Waals surface area contributed by atoms with Crippen molar-refractivity contribution in [3.05, 3.63) is 29.6 Å². The molecular formula is C20H25F2N7O3. The normalized spacial score (nSPS) is 19.4. The maximum absolute atomic E-state index is 14.9. The zero-order chi connectivity index (χ0) is 22.8. The van der Waals surface area contributed by atoms with Gasteiger partial charge in [-0.1, -0.05) is 6.92 Å². The summed E-state index contributed by atoms with van der Waals surface area (Å²) in [5.41, 5.74) is -0.0375. The number of ether oxygens (including phenoxy) is 1. The lowest BCUT2D eigenvalue weighted by atomic mass is 10.0. The lowest BCUT2D eigenvalue weighted by Crippen LogP contribution is -2.36. The quantitative estimate of drug-likeness (QED) is 0.719. The number of anilines is 2. The molecule has 1 unspecified atom stereocenters. The van der Waals surface area contributed by atoms with Crippen molar-refractivity contribution in [2.24, 2.45) is 0 Å². The average molecular weight is 449 g/mol. The Labute approximate surface area is 183 Å². The van der Waals surface area contributed by atoms with Crippen molar-refractivity contribution < 1.29 is 23.1 Å². The number of hydrogen-bond acceptors (Lipinski definition) is 7. The number of hydrogen-bond donors (Lipinski definition) is 1. The van der Waals surface area contributed by atoms with Crippen LogP contribution in [-0.4, -0.2) is 64.5 Å². The Morgan fingerprint density at radius 3 is 2.53 bits per heavy atom. The zero-order valence-electron chi connectivity index (χ0n) is 17.9. The van der Waals surface area contributed by atoms with Crippen molar-refractivity contribution in [3.63, 3.8) is 0 Å². The largest absolute Gasteiger partial charge is 0.442 e. The molecule has 0 radical (unpaired) electrons. The van der Waals surface area contributed by atoms with Crippen LogP contribution in [0, 0.1) is 18.6 Å². The van der Waals surface area contributed by atoms with Crippen molar-refractivity contribution in [3.8, 4) is 0 Å². The number of piperidine rings is 1. The summed E-state index contributed by atoms with van der Waals surface area (Å²) < 4.78 is 35.1. The number of cyclic esters (lactones) is 1. The maximum atomic E-state index is 14.9. The van der Waals surface area contributed by atoms with E-state index in [0.717, 1.165) is 12.1 Å². The van der Waals surface area contributed by atoms with Crippen LogP contribution in [0.5, 0.6) is 0 Å². The summed E-state index contributed by atoms with van der Waals surface area (Å²) in [7, 11) is 0. The Balaban J connectivity index is 1.42. The number of rotatable bonds is 6. The third kappa shape index (κ3) is 4.48. The van der Waals surface area contributed by atoms with E-state index in [1.165, 1.54) is 4.90 Å². The fourth-order valence-corrected chi connectivity index (χ4v) is 3.98. The van der Waals surface area contributed by atoms with E-state index in [4.69, 9.17) is 4.74 Å². The lowest BCUT2D eigenvalue weighted by Gasteiger charge is -2.33. The van der Waals surface area contributed by atoms with Crippen molar-refractivity contribution in [2.75, 3.05) is 36.0 Å². The predicted octanol–water partition coefficient (Wildman–Crippen LogP) is 1.95. The zero-order valence-corrected chi connectivity index (χ0v) is 17.9. The molecule has 172 valence electrons. The van der Waals surface area contributed by atoms with Crippen molar-refractivity contribution in [1.82, 2.24) is 25.5 Å². The molecule has 0 saturated carbocycles. The number of aromatic nitrogens is 4. The molecule has 0 spiro atoms. The molecule has 2 amide bonds. The van der Waals surface area contributed by atoms with Crippen LogP contribution in [-0.2, 0) is 9.53 Å². The molecule has 1 aromatic carbocycles. The van der Waals surface area contributed by atoms with Gasteiger partial charge in [0.15, 0.2) is 17.5 Å². The molecule has 32 heavy (non-hydrogen) atoms. The predicted molar refractivity (Wildman–Crippen MR) is 110 cm³/mol. The van der Waals surface area contributed by atoms with Gasteiger partial charge in [-0.2, -0.15) is 4.80 Å². The van der Waals surface area contributed by atoms with Crippen molar-refractivity contribution in [2.45, 2.75) is 45.3 Å². The molecule has 3 heterocycles. The summed E-state index contributed by atoms with van der Waals surface area (Å²) in [6, 6.07) is 2.31. The number of halogens is 2. The van der Waals surface area contributed by atoms with E-state index < -0.39 is 23.8 Å². The van der Waals surface area contributed by atoms with Gasteiger partial charge in [0.1, 0.15) is 11.8 Å². The molecule has 1 atom stereocenters. The third-order valence-corrected chi connectivity index (χ3v) is 5.67. The fourth-order valence-electron chi connectivity index (χ4n) is 3.98. The summed E-state index contributed by atoms with van der Waals surface area (Å²) in [6.45, 7) is 4.57. The lowest BCUT2D eigenvalue weighted by molar-refractivity contribution is -0.121. The number of nitrogens with zero attached hydrogens (tertiary/aromatic N) is 6. The first kappa shape index (κ1) is 21.9. The number of carbonyl (C=O) groups is 2. The van der Waals surface area contributed by atoms with Crippen LogP contribution < -0.4 is 15.1 Å². The number of tetrazole rings is 1. The first-order valence-electron chi connectivity index (χ1n) is 10.6. The van der Waals surface area contributed by atoms with Gasteiger partial charge in [0, 0.05) is 31.6 Å². The minimum Gasteiger partial charge on any atom is -0.442 e. The topological polar surface area (TPSA) is 105 Å². The van der Waals surface area contributed by atoms with Crippen LogP contribution in [0.1, 0.15) is 38.1 Å². The minimum atomic E-state index is -0.747. The van der Waals surface area contributed by atoms with Crippen molar-refractivity contribution in [1.29, 1.82) is 0 Å². The van der Waals surface area contributed by atoms with E-state index in [0.29, 0.717) is 38.2 Å². The molecule has 1 aromatic heterocycles. The molecule has 2 fully saturated rings. The minimum absolute atomic E-state index is 0.0300. The van der Waals surface area contributed by atoms with Gasteiger partial charge in [0.05, 0.1) is 24.8 Å². The monoisotopic (exact) mass is 449 g/mol. The van der Waals surface area contributed by atoms with Crippen LogP contribution in [0.4, 0.5) is 25.0 Å². The molecule has 10 nitrogen and oxygen atoms in total. The first-order valence-corrected chi connectivity index (χ1v) is 10.6. The van der Waals surface area contributed by atoms with E-state index in [9.17, 15) is 18.4 Å². The third-order valence-electron chi connectivity index (χ3n) is 5.67. The Hall–Kier alpha value is -3.31. The molecule has 12 heteroatoms. The Bertz CT molecular complexity index is 984. The number of aryl methyl sites for hydroxylation is 1. The van der Waals surface area contributed by atoms with Gasteiger partial charge >= 0.3 is 6.09 Å².